The molecule has 0 amide bonds. The Morgan fingerprint density at radius 3 is 2.81 bits per heavy atom. The van der Waals surface area contributed by atoms with Crippen molar-refractivity contribution in [1.82, 2.24) is 14.1 Å². The number of allylic oxidation sites excluding steroid dienone is 1. The number of aliphatic hydroxyl groups is 1. The molecule has 7 heteroatoms. The van der Waals surface area contributed by atoms with E-state index in [1.807, 2.05) is 0 Å². The molecule has 0 aromatic carbocycles. The summed E-state index contributed by atoms with van der Waals surface area (Å²) < 4.78 is 28.6. The van der Waals surface area contributed by atoms with E-state index in [2.05, 4.69) is 11.7 Å². The highest BCUT2D eigenvalue weighted by Crippen LogP contribution is 2.36. The number of rotatable bonds is 5. The molecule has 0 bridgehead atoms. The standard InChI is InChI=1S/C14H23N3O3S/c1-4-6-14(11-18)7-5-8-17(10-14)21(19,20)13-9-16(3)15-12(13)2/h4,9,18H,1,5-8,10-11H2,2-3H3/t14-/m0/s1. The lowest BCUT2D eigenvalue weighted by molar-refractivity contribution is 0.0669. The van der Waals surface area contributed by atoms with Crippen LogP contribution in [0, 0.1) is 12.3 Å². The first-order valence-corrected chi connectivity index (χ1v) is 8.51. The minimum Gasteiger partial charge on any atom is -0.396 e. The van der Waals surface area contributed by atoms with Crippen LogP contribution in [0.3, 0.4) is 0 Å². The van der Waals surface area contributed by atoms with Gasteiger partial charge in [0, 0.05) is 31.7 Å². The maximum atomic E-state index is 12.8. The molecule has 21 heavy (non-hydrogen) atoms. The van der Waals surface area contributed by atoms with Gasteiger partial charge in [0.05, 0.1) is 12.3 Å². The highest BCUT2D eigenvalue weighted by Gasteiger charge is 2.39. The van der Waals surface area contributed by atoms with Crippen LogP contribution in [0.25, 0.3) is 0 Å². The Morgan fingerprint density at radius 1 is 1.57 bits per heavy atom. The maximum absolute atomic E-state index is 12.8. The molecule has 1 aromatic rings. The minimum atomic E-state index is -3.57. The topological polar surface area (TPSA) is 75.4 Å². The van der Waals surface area contributed by atoms with Crippen LogP contribution in [0.15, 0.2) is 23.7 Å². The van der Waals surface area contributed by atoms with Gasteiger partial charge in [-0.05, 0) is 26.2 Å². The molecule has 0 aliphatic carbocycles. The smallest absolute Gasteiger partial charge is 0.246 e. The normalized spacial score (nSPS) is 24.1. The summed E-state index contributed by atoms with van der Waals surface area (Å²) in [4.78, 5) is 0.248. The molecule has 118 valence electrons. The molecule has 1 aliphatic rings. The zero-order chi connectivity index (χ0) is 15.7. The number of aliphatic hydroxyl groups excluding tert-OH is 1. The van der Waals surface area contributed by atoms with Crippen molar-refractivity contribution in [2.75, 3.05) is 19.7 Å². The van der Waals surface area contributed by atoms with Gasteiger partial charge in [0.1, 0.15) is 4.90 Å². The van der Waals surface area contributed by atoms with E-state index in [1.54, 1.807) is 20.0 Å². The zero-order valence-electron chi connectivity index (χ0n) is 12.6. The summed E-state index contributed by atoms with van der Waals surface area (Å²) in [5, 5.41) is 13.8. The van der Waals surface area contributed by atoms with Crippen molar-refractivity contribution in [1.29, 1.82) is 0 Å². The summed E-state index contributed by atoms with van der Waals surface area (Å²) in [6, 6.07) is 0. The summed E-state index contributed by atoms with van der Waals surface area (Å²) in [5.41, 5.74) is 0.0878. The van der Waals surface area contributed by atoms with Crippen molar-refractivity contribution >= 4 is 10.0 Å². The van der Waals surface area contributed by atoms with Gasteiger partial charge in [-0.15, -0.1) is 6.58 Å². The predicted octanol–water partition coefficient (Wildman–Crippen LogP) is 1.07. The highest BCUT2D eigenvalue weighted by atomic mass is 32.2. The zero-order valence-corrected chi connectivity index (χ0v) is 13.4. The van der Waals surface area contributed by atoms with Gasteiger partial charge in [-0.3, -0.25) is 4.68 Å². The molecule has 0 spiro atoms. The third kappa shape index (κ3) is 3.04. The second-order valence-electron chi connectivity index (χ2n) is 5.85. The Kier molecular flexibility index (Phi) is 4.55. The van der Waals surface area contributed by atoms with Crippen LogP contribution in [0.1, 0.15) is 25.0 Å². The fourth-order valence-corrected chi connectivity index (χ4v) is 4.80. The van der Waals surface area contributed by atoms with Crippen molar-refractivity contribution in [3.8, 4) is 0 Å². The van der Waals surface area contributed by atoms with E-state index in [9.17, 15) is 13.5 Å². The van der Waals surface area contributed by atoms with Crippen molar-refractivity contribution in [3.63, 3.8) is 0 Å². The Morgan fingerprint density at radius 2 is 2.29 bits per heavy atom. The van der Waals surface area contributed by atoms with Crippen LogP contribution < -0.4 is 0 Å². The second-order valence-corrected chi connectivity index (χ2v) is 7.75. The largest absolute Gasteiger partial charge is 0.396 e. The molecular weight excluding hydrogens is 290 g/mol. The fraction of sp³-hybridized carbons (Fsp3) is 0.643. The van der Waals surface area contributed by atoms with E-state index in [4.69, 9.17) is 0 Å². The van der Waals surface area contributed by atoms with E-state index in [-0.39, 0.29) is 11.5 Å². The molecule has 1 fully saturated rings. The average molecular weight is 313 g/mol. The molecule has 1 atom stereocenters. The molecule has 1 saturated heterocycles. The number of aryl methyl sites for hydroxylation is 2. The first kappa shape index (κ1) is 16.2. The van der Waals surface area contributed by atoms with Crippen LogP contribution in [0.2, 0.25) is 0 Å². The van der Waals surface area contributed by atoms with Gasteiger partial charge in [0.15, 0.2) is 0 Å². The third-order valence-corrected chi connectivity index (χ3v) is 6.07. The first-order valence-electron chi connectivity index (χ1n) is 7.07. The predicted molar refractivity (Wildman–Crippen MR) is 80.3 cm³/mol. The maximum Gasteiger partial charge on any atom is 0.246 e. The highest BCUT2D eigenvalue weighted by molar-refractivity contribution is 7.89. The summed E-state index contributed by atoms with van der Waals surface area (Å²) in [6.45, 7) is 6.19. The monoisotopic (exact) mass is 313 g/mol. The minimum absolute atomic E-state index is 0.0307. The van der Waals surface area contributed by atoms with Crippen molar-refractivity contribution in [2.45, 2.75) is 31.1 Å². The Labute approximate surface area is 126 Å². The fourth-order valence-electron chi connectivity index (χ4n) is 3.00. The number of hydrogen-bond acceptors (Lipinski definition) is 4. The van der Waals surface area contributed by atoms with Crippen LogP contribution >= 0.6 is 0 Å². The quantitative estimate of drug-likeness (QED) is 0.825. The van der Waals surface area contributed by atoms with Crippen molar-refractivity contribution in [3.05, 3.63) is 24.5 Å². The molecule has 0 saturated carbocycles. The van der Waals surface area contributed by atoms with E-state index >= 15 is 0 Å². The number of nitrogens with zero attached hydrogens (tertiary/aromatic N) is 3. The Balaban J connectivity index is 2.32. The van der Waals surface area contributed by atoms with E-state index in [1.165, 1.54) is 15.2 Å². The molecule has 1 aromatic heterocycles. The van der Waals surface area contributed by atoms with E-state index in [0.29, 0.717) is 25.2 Å². The van der Waals surface area contributed by atoms with Crippen LogP contribution in [-0.4, -0.2) is 47.3 Å². The summed E-state index contributed by atoms with van der Waals surface area (Å²) in [7, 11) is -1.86. The van der Waals surface area contributed by atoms with E-state index < -0.39 is 15.4 Å². The van der Waals surface area contributed by atoms with Crippen molar-refractivity contribution < 1.29 is 13.5 Å². The van der Waals surface area contributed by atoms with Gasteiger partial charge >= 0.3 is 0 Å². The summed E-state index contributed by atoms with van der Waals surface area (Å²) in [5.74, 6) is 0. The number of piperidine rings is 1. The van der Waals surface area contributed by atoms with Gasteiger partial charge in [0.2, 0.25) is 10.0 Å². The van der Waals surface area contributed by atoms with Crippen LogP contribution in [0.5, 0.6) is 0 Å². The summed E-state index contributed by atoms with van der Waals surface area (Å²) in [6.07, 6.45) is 5.46. The second kappa shape index (κ2) is 5.90. The lowest BCUT2D eigenvalue weighted by atomic mass is 9.79. The van der Waals surface area contributed by atoms with Gasteiger partial charge in [-0.25, -0.2) is 8.42 Å². The Hall–Kier alpha value is -1.18. The molecule has 2 heterocycles. The SMILES string of the molecule is C=CC[C@]1(CO)CCCN(S(=O)(=O)c2cn(C)nc2C)C1. The molecule has 0 unspecified atom stereocenters. The number of hydrogen-bond donors (Lipinski definition) is 1. The lowest BCUT2D eigenvalue weighted by Crippen LogP contribution is -2.47. The first-order chi connectivity index (χ1) is 9.84. The molecule has 2 rings (SSSR count). The molecule has 1 N–H and O–H groups in total. The van der Waals surface area contributed by atoms with Crippen LogP contribution in [-0.2, 0) is 17.1 Å². The molecule has 1 aliphatic heterocycles. The lowest BCUT2D eigenvalue weighted by Gasteiger charge is -2.40. The number of aromatic nitrogens is 2. The number of sulfonamides is 1. The van der Waals surface area contributed by atoms with Crippen LogP contribution in [0.4, 0.5) is 0 Å². The van der Waals surface area contributed by atoms with E-state index in [0.717, 1.165) is 12.8 Å². The van der Waals surface area contributed by atoms with Gasteiger partial charge in [-0.2, -0.15) is 9.40 Å². The van der Waals surface area contributed by atoms with Gasteiger partial charge < -0.3 is 5.11 Å². The molecular formula is C14H23N3O3S. The van der Waals surface area contributed by atoms with Gasteiger partial charge in [0.25, 0.3) is 0 Å². The van der Waals surface area contributed by atoms with Crippen molar-refractivity contribution in [2.24, 2.45) is 12.5 Å². The molecule has 6 nitrogen and oxygen atoms in total. The third-order valence-electron chi connectivity index (χ3n) is 4.13. The Bertz CT molecular complexity index is 623. The molecule has 0 radical (unpaired) electrons. The van der Waals surface area contributed by atoms with Gasteiger partial charge in [-0.1, -0.05) is 6.08 Å². The summed E-state index contributed by atoms with van der Waals surface area (Å²) >= 11 is 0. The average Bonchev–Trinajstić information content (AvgIpc) is 2.79.